The zero-order chi connectivity index (χ0) is 18.8. The van der Waals surface area contributed by atoms with Crippen molar-refractivity contribution in [2.75, 3.05) is 10.6 Å². The molecule has 0 atom stereocenters. The number of carbonyl (C=O) groups is 2. The molecule has 0 fully saturated rings. The Balaban J connectivity index is 1.70. The summed E-state index contributed by atoms with van der Waals surface area (Å²) in [6, 6.07) is 15.3. The average Bonchev–Trinajstić information content (AvgIpc) is 3.32. The Kier molecular flexibility index (Phi) is 4.18. The van der Waals surface area contributed by atoms with Gasteiger partial charge in [-0.25, -0.2) is 4.39 Å². The number of rotatable bonds is 4. The fourth-order valence-electron chi connectivity index (χ4n) is 2.63. The number of benzene rings is 2. The smallest absolute Gasteiger partial charge is 0.293 e. The molecule has 4 rings (SSSR count). The van der Waals surface area contributed by atoms with Crippen LogP contribution in [-0.4, -0.2) is 11.8 Å². The lowest BCUT2D eigenvalue weighted by Gasteiger charge is -2.06. The summed E-state index contributed by atoms with van der Waals surface area (Å²) in [5.74, 6) is -1.47. The Hall–Kier alpha value is -3.87. The first kappa shape index (κ1) is 16.6. The number of amides is 2. The number of nitrogens with one attached hydrogen (secondary N) is 2. The second kappa shape index (κ2) is 6.80. The standard InChI is InChI=1S/C20H13FN2O4/c21-12-7-9-13(10-8-12)22-20(25)18-17(14-4-1-2-5-15(14)27-18)23-19(24)16-6-3-11-26-16/h1-11H,(H,22,25)(H,23,24). The molecule has 27 heavy (non-hydrogen) atoms. The van der Waals surface area contributed by atoms with E-state index in [9.17, 15) is 14.0 Å². The Morgan fingerprint density at radius 3 is 2.37 bits per heavy atom. The Morgan fingerprint density at radius 1 is 0.852 bits per heavy atom. The lowest BCUT2D eigenvalue weighted by molar-refractivity contribution is 0.0996. The van der Waals surface area contributed by atoms with Crippen LogP contribution in [0.25, 0.3) is 11.0 Å². The van der Waals surface area contributed by atoms with Crippen molar-refractivity contribution in [3.8, 4) is 0 Å². The maximum absolute atomic E-state index is 13.0. The number of furan rings is 2. The maximum Gasteiger partial charge on any atom is 0.293 e. The van der Waals surface area contributed by atoms with Crippen LogP contribution in [0.15, 0.2) is 75.8 Å². The van der Waals surface area contributed by atoms with Crippen LogP contribution < -0.4 is 10.6 Å². The van der Waals surface area contributed by atoms with E-state index in [4.69, 9.17) is 8.83 Å². The van der Waals surface area contributed by atoms with Crippen molar-refractivity contribution < 1.29 is 22.8 Å². The van der Waals surface area contributed by atoms with Crippen LogP contribution in [0.3, 0.4) is 0 Å². The van der Waals surface area contributed by atoms with E-state index in [0.717, 1.165) is 0 Å². The highest BCUT2D eigenvalue weighted by molar-refractivity contribution is 6.16. The molecule has 0 saturated heterocycles. The van der Waals surface area contributed by atoms with Gasteiger partial charge in [-0.15, -0.1) is 0 Å². The summed E-state index contributed by atoms with van der Waals surface area (Å²) >= 11 is 0. The summed E-state index contributed by atoms with van der Waals surface area (Å²) in [5, 5.41) is 5.86. The van der Waals surface area contributed by atoms with E-state index in [0.29, 0.717) is 16.7 Å². The van der Waals surface area contributed by atoms with Crippen molar-refractivity contribution in [1.82, 2.24) is 0 Å². The fourth-order valence-corrected chi connectivity index (χ4v) is 2.63. The van der Waals surface area contributed by atoms with E-state index < -0.39 is 17.6 Å². The molecule has 4 aromatic rings. The minimum absolute atomic E-state index is 0.0690. The number of anilines is 2. The van der Waals surface area contributed by atoms with Gasteiger partial charge >= 0.3 is 0 Å². The van der Waals surface area contributed by atoms with E-state index in [2.05, 4.69) is 10.6 Å². The molecule has 0 aliphatic carbocycles. The number of carbonyl (C=O) groups excluding carboxylic acids is 2. The van der Waals surface area contributed by atoms with Crippen molar-refractivity contribution in [3.05, 3.63) is 84.3 Å². The summed E-state index contributed by atoms with van der Waals surface area (Å²) in [6.45, 7) is 0. The van der Waals surface area contributed by atoms with Gasteiger partial charge in [-0.2, -0.15) is 0 Å². The van der Waals surface area contributed by atoms with Crippen LogP contribution in [0, 0.1) is 5.82 Å². The first-order valence-corrected chi connectivity index (χ1v) is 8.05. The molecule has 2 amide bonds. The number of fused-ring (bicyclic) bond motifs is 1. The predicted octanol–water partition coefficient (Wildman–Crippen LogP) is 4.67. The van der Waals surface area contributed by atoms with Gasteiger partial charge in [0.15, 0.2) is 5.76 Å². The molecule has 2 heterocycles. The van der Waals surface area contributed by atoms with E-state index in [1.54, 1.807) is 30.3 Å². The van der Waals surface area contributed by atoms with Crippen LogP contribution >= 0.6 is 0 Å². The molecule has 0 radical (unpaired) electrons. The van der Waals surface area contributed by atoms with Gasteiger partial charge in [0, 0.05) is 11.1 Å². The highest BCUT2D eigenvalue weighted by Gasteiger charge is 2.23. The summed E-state index contributed by atoms with van der Waals surface area (Å²) < 4.78 is 23.8. The molecule has 0 bridgehead atoms. The number of halogens is 1. The van der Waals surface area contributed by atoms with E-state index in [1.807, 2.05) is 0 Å². The highest BCUT2D eigenvalue weighted by Crippen LogP contribution is 2.32. The second-order valence-electron chi connectivity index (χ2n) is 5.69. The van der Waals surface area contributed by atoms with Crippen molar-refractivity contribution in [2.24, 2.45) is 0 Å². The lowest BCUT2D eigenvalue weighted by Crippen LogP contribution is -2.16. The van der Waals surface area contributed by atoms with Crippen LogP contribution in [0.4, 0.5) is 15.8 Å². The molecule has 134 valence electrons. The number of hydrogen-bond donors (Lipinski definition) is 2. The van der Waals surface area contributed by atoms with E-state index in [1.165, 1.54) is 36.6 Å². The normalized spacial score (nSPS) is 10.7. The van der Waals surface area contributed by atoms with Gasteiger partial charge in [-0.1, -0.05) is 12.1 Å². The Bertz CT molecular complexity index is 1110. The van der Waals surface area contributed by atoms with Crippen molar-refractivity contribution in [2.45, 2.75) is 0 Å². The van der Waals surface area contributed by atoms with Crippen LogP contribution in [0.1, 0.15) is 21.1 Å². The zero-order valence-corrected chi connectivity index (χ0v) is 13.9. The lowest BCUT2D eigenvalue weighted by atomic mass is 10.2. The first-order valence-electron chi connectivity index (χ1n) is 8.05. The molecule has 2 aromatic heterocycles. The van der Waals surface area contributed by atoms with Gasteiger partial charge in [0.2, 0.25) is 5.76 Å². The van der Waals surface area contributed by atoms with E-state index >= 15 is 0 Å². The SMILES string of the molecule is O=C(Nc1c(C(=O)Nc2ccc(F)cc2)oc2ccccc12)c1ccco1. The first-order chi connectivity index (χ1) is 13.1. The minimum Gasteiger partial charge on any atom is -0.459 e. The Morgan fingerprint density at radius 2 is 1.63 bits per heavy atom. The van der Waals surface area contributed by atoms with Gasteiger partial charge in [0.05, 0.1) is 6.26 Å². The molecule has 0 unspecified atom stereocenters. The monoisotopic (exact) mass is 364 g/mol. The summed E-state index contributed by atoms with van der Waals surface area (Å²) in [5.41, 5.74) is 1.06. The molecule has 6 nitrogen and oxygen atoms in total. The largest absolute Gasteiger partial charge is 0.459 e. The molecule has 0 spiro atoms. The molecule has 0 saturated carbocycles. The van der Waals surface area contributed by atoms with Gasteiger partial charge in [-0.05, 0) is 48.5 Å². The molecule has 2 aromatic carbocycles. The molecule has 2 N–H and O–H groups in total. The van der Waals surface area contributed by atoms with Crippen molar-refractivity contribution in [3.63, 3.8) is 0 Å². The minimum atomic E-state index is -0.576. The summed E-state index contributed by atoms with van der Waals surface area (Å²) in [6.07, 6.45) is 1.38. The van der Waals surface area contributed by atoms with Gasteiger partial charge in [0.25, 0.3) is 11.8 Å². The average molecular weight is 364 g/mol. The van der Waals surface area contributed by atoms with Gasteiger partial charge in [0.1, 0.15) is 17.1 Å². The fraction of sp³-hybridized carbons (Fsp3) is 0. The van der Waals surface area contributed by atoms with Crippen LogP contribution in [0.2, 0.25) is 0 Å². The third-order valence-electron chi connectivity index (χ3n) is 3.89. The summed E-state index contributed by atoms with van der Waals surface area (Å²) in [7, 11) is 0. The topological polar surface area (TPSA) is 84.5 Å². The predicted molar refractivity (Wildman–Crippen MR) is 97.2 cm³/mol. The second-order valence-corrected chi connectivity index (χ2v) is 5.69. The molecule has 0 aliphatic heterocycles. The number of hydrogen-bond acceptors (Lipinski definition) is 4. The van der Waals surface area contributed by atoms with Crippen LogP contribution in [0.5, 0.6) is 0 Å². The Labute approximate surface area is 152 Å². The number of para-hydroxylation sites is 1. The third-order valence-corrected chi connectivity index (χ3v) is 3.89. The van der Waals surface area contributed by atoms with Gasteiger partial charge in [-0.3, -0.25) is 9.59 Å². The van der Waals surface area contributed by atoms with Gasteiger partial charge < -0.3 is 19.5 Å². The van der Waals surface area contributed by atoms with Crippen molar-refractivity contribution >= 4 is 34.2 Å². The third kappa shape index (κ3) is 3.30. The quantitative estimate of drug-likeness (QED) is 0.551. The highest BCUT2D eigenvalue weighted by atomic mass is 19.1. The summed E-state index contributed by atoms with van der Waals surface area (Å²) in [4.78, 5) is 25.1. The molecular formula is C20H13FN2O4. The van der Waals surface area contributed by atoms with E-state index in [-0.39, 0.29) is 17.2 Å². The molecular weight excluding hydrogens is 351 g/mol. The maximum atomic E-state index is 13.0. The zero-order valence-electron chi connectivity index (χ0n) is 13.9. The molecule has 0 aliphatic rings. The molecule has 7 heteroatoms. The van der Waals surface area contributed by atoms with Crippen LogP contribution in [-0.2, 0) is 0 Å². The van der Waals surface area contributed by atoms with Crippen molar-refractivity contribution in [1.29, 1.82) is 0 Å².